The van der Waals surface area contributed by atoms with Crippen LogP contribution in [-0.4, -0.2) is 31.7 Å². The van der Waals surface area contributed by atoms with E-state index in [1.165, 1.54) is 18.2 Å². The smallest absolute Gasteiger partial charge is 0.341 e. The highest BCUT2D eigenvalue weighted by Crippen LogP contribution is 2.42. The van der Waals surface area contributed by atoms with Gasteiger partial charge in [-0.3, -0.25) is 9.59 Å². The summed E-state index contributed by atoms with van der Waals surface area (Å²) in [4.78, 5) is 25.9. The molecule has 3 aromatic carbocycles. The molecule has 2 aliphatic heterocycles. The number of amides is 2. The molecule has 13 heteroatoms. The number of sulfone groups is 1. The van der Waals surface area contributed by atoms with Gasteiger partial charge in [0.1, 0.15) is 11.6 Å². The highest BCUT2D eigenvalue weighted by atomic mass is 35.5. The van der Waals surface area contributed by atoms with Gasteiger partial charge in [0.2, 0.25) is 0 Å². The minimum absolute atomic E-state index is 0.0441. The normalized spacial score (nSPS) is 18.5. The average molecular weight is 571 g/mol. The molecular weight excluding hydrogens is 555 g/mol. The fraction of sp³-hybridized carbons (Fsp3) is 0.200. The van der Waals surface area contributed by atoms with E-state index in [1.807, 2.05) is 0 Å². The van der Waals surface area contributed by atoms with Gasteiger partial charge in [-0.25, -0.2) is 17.2 Å². The molecule has 0 aromatic heterocycles. The topological polar surface area (TPSA) is 92.3 Å². The SMILES string of the molecule is O=C(Nc1cc(C2CS(=O)(=O)C2)cc2c1C(c1cc(F)ccc1Cl)NC2=O)c1cc(F)cc(C(F)(F)F)c1. The van der Waals surface area contributed by atoms with Crippen LogP contribution >= 0.6 is 11.6 Å². The molecule has 0 spiro atoms. The molecule has 6 nitrogen and oxygen atoms in total. The molecule has 3 aromatic rings. The van der Waals surface area contributed by atoms with E-state index in [-0.39, 0.29) is 45.0 Å². The van der Waals surface area contributed by atoms with Gasteiger partial charge in [-0.05, 0) is 54.1 Å². The molecule has 1 saturated heterocycles. The molecule has 0 aliphatic carbocycles. The maximum Gasteiger partial charge on any atom is 0.416 e. The molecular formula is C25H16ClF5N2O4S. The van der Waals surface area contributed by atoms with Gasteiger partial charge in [0, 0.05) is 38.9 Å². The minimum atomic E-state index is -4.91. The lowest BCUT2D eigenvalue weighted by Crippen LogP contribution is -2.34. The van der Waals surface area contributed by atoms with Gasteiger partial charge in [0.05, 0.1) is 23.1 Å². The average Bonchev–Trinajstić information content (AvgIpc) is 3.14. The van der Waals surface area contributed by atoms with Crippen LogP contribution in [0.25, 0.3) is 0 Å². The first-order chi connectivity index (χ1) is 17.7. The summed E-state index contributed by atoms with van der Waals surface area (Å²) < 4.78 is 91.0. The third kappa shape index (κ3) is 4.85. The van der Waals surface area contributed by atoms with Gasteiger partial charge >= 0.3 is 6.18 Å². The Bertz CT molecular complexity index is 1610. The molecule has 2 amide bonds. The molecule has 38 heavy (non-hydrogen) atoms. The third-order valence-corrected chi connectivity index (χ3v) is 8.56. The van der Waals surface area contributed by atoms with Crippen LogP contribution in [0.1, 0.15) is 54.9 Å². The molecule has 2 aliphatic rings. The van der Waals surface area contributed by atoms with E-state index in [0.29, 0.717) is 17.7 Å². The van der Waals surface area contributed by atoms with Gasteiger partial charge in [0.25, 0.3) is 11.8 Å². The number of fused-ring (bicyclic) bond motifs is 1. The number of anilines is 1. The molecule has 0 radical (unpaired) electrons. The van der Waals surface area contributed by atoms with Crippen molar-refractivity contribution >= 4 is 38.9 Å². The van der Waals surface area contributed by atoms with Crippen LogP contribution in [0.3, 0.4) is 0 Å². The van der Waals surface area contributed by atoms with Gasteiger partial charge < -0.3 is 10.6 Å². The summed E-state index contributed by atoms with van der Waals surface area (Å²) in [6.07, 6.45) is -4.91. The fourth-order valence-corrected chi connectivity index (χ4v) is 6.34. The van der Waals surface area contributed by atoms with E-state index in [9.17, 15) is 40.0 Å². The van der Waals surface area contributed by atoms with Crippen molar-refractivity contribution in [3.8, 4) is 0 Å². The molecule has 2 heterocycles. The van der Waals surface area contributed by atoms with E-state index >= 15 is 0 Å². The van der Waals surface area contributed by atoms with Crippen molar-refractivity contribution in [2.24, 2.45) is 0 Å². The number of hydrogen-bond donors (Lipinski definition) is 2. The largest absolute Gasteiger partial charge is 0.416 e. The Hall–Kier alpha value is -3.51. The van der Waals surface area contributed by atoms with Crippen molar-refractivity contribution in [3.05, 3.63) is 98.6 Å². The molecule has 5 rings (SSSR count). The highest BCUT2D eigenvalue weighted by molar-refractivity contribution is 7.92. The van der Waals surface area contributed by atoms with Crippen LogP contribution in [-0.2, 0) is 16.0 Å². The second-order valence-corrected chi connectivity index (χ2v) is 11.6. The van der Waals surface area contributed by atoms with Crippen molar-refractivity contribution < 1.29 is 40.0 Å². The maximum atomic E-state index is 14.0. The van der Waals surface area contributed by atoms with Crippen LogP contribution < -0.4 is 10.6 Å². The Morgan fingerprint density at radius 2 is 1.71 bits per heavy atom. The zero-order valence-electron chi connectivity index (χ0n) is 19.0. The zero-order chi connectivity index (χ0) is 27.6. The van der Waals surface area contributed by atoms with E-state index in [2.05, 4.69) is 10.6 Å². The number of carbonyl (C=O) groups is 2. The van der Waals surface area contributed by atoms with Crippen molar-refractivity contribution in [1.29, 1.82) is 0 Å². The molecule has 0 saturated carbocycles. The lowest BCUT2D eigenvalue weighted by Gasteiger charge is -2.27. The molecule has 2 N–H and O–H groups in total. The third-order valence-electron chi connectivity index (χ3n) is 6.40. The number of benzene rings is 3. The monoisotopic (exact) mass is 570 g/mol. The minimum Gasteiger partial charge on any atom is -0.341 e. The van der Waals surface area contributed by atoms with Gasteiger partial charge in [-0.2, -0.15) is 13.2 Å². The number of alkyl halides is 3. The molecule has 1 unspecified atom stereocenters. The number of carbonyl (C=O) groups excluding carboxylic acids is 2. The number of hydrogen-bond acceptors (Lipinski definition) is 4. The quantitative estimate of drug-likeness (QED) is 0.420. The van der Waals surface area contributed by atoms with Crippen LogP contribution in [0.5, 0.6) is 0 Å². The lowest BCUT2D eigenvalue weighted by molar-refractivity contribution is -0.137. The Morgan fingerprint density at radius 3 is 2.37 bits per heavy atom. The van der Waals surface area contributed by atoms with E-state index < -0.39 is 62.5 Å². The van der Waals surface area contributed by atoms with Crippen molar-refractivity contribution in [2.75, 3.05) is 16.8 Å². The zero-order valence-corrected chi connectivity index (χ0v) is 20.6. The Labute approximate surface area is 217 Å². The first-order valence-electron chi connectivity index (χ1n) is 11.0. The Morgan fingerprint density at radius 1 is 1.00 bits per heavy atom. The summed E-state index contributed by atoms with van der Waals surface area (Å²) in [7, 11) is -3.27. The first kappa shape index (κ1) is 26.1. The highest BCUT2D eigenvalue weighted by Gasteiger charge is 2.39. The summed E-state index contributed by atoms with van der Waals surface area (Å²) in [5, 5.41) is 5.17. The van der Waals surface area contributed by atoms with Crippen molar-refractivity contribution in [2.45, 2.75) is 18.1 Å². The Kier molecular flexibility index (Phi) is 6.22. The van der Waals surface area contributed by atoms with Gasteiger partial charge in [0.15, 0.2) is 9.84 Å². The van der Waals surface area contributed by atoms with Crippen LogP contribution in [0, 0.1) is 11.6 Å². The van der Waals surface area contributed by atoms with Crippen molar-refractivity contribution in [1.82, 2.24) is 5.32 Å². The van der Waals surface area contributed by atoms with Crippen LogP contribution in [0.15, 0.2) is 48.5 Å². The second kappa shape index (κ2) is 9.05. The summed E-state index contributed by atoms with van der Waals surface area (Å²) in [5.74, 6) is -4.55. The van der Waals surface area contributed by atoms with Crippen LogP contribution in [0.2, 0.25) is 5.02 Å². The lowest BCUT2D eigenvalue weighted by atomic mass is 9.91. The molecule has 198 valence electrons. The van der Waals surface area contributed by atoms with Crippen molar-refractivity contribution in [3.63, 3.8) is 0 Å². The Balaban J connectivity index is 1.62. The predicted octanol–water partition coefficient (Wildman–Crippen LogP) is 5.23. The maximum absolute atomic E-state index is 14.0. The molecule has 1 atom stereocenters. The molecule has 0 bridgehead atoms. The first-order valence-corrected chi connectivity index (χ1v) is 13.2. The number of halogens is 6. The summed E-state index contributed by atoms with van der Waals surface area (Å²) in [6.45, 7) is 0. The molecule has 1 fully saturated rings. The van der Waals surface area contributed by atoms with E-state index in [1.54, 1.807) is 0 Å². The summed E-state index contributed by atoms with van der Waals surface area (Å²) in [6, 6.07) is 6.62. The van der Waals surface area contributed by atoms with Crippen LogP contribution in [0.4, 0.5) is 27.6 Å². The predicted molar refractivity (Wildman–Crippen MR) is 128 cm³/mol. The van der Waals surface area contributed by atoms with E-state index in [4.69, 9.17) is 11.6 Å². The van der Waals surface area contributed by atoms with Gasteiger partial charge in [-0.15, -0.1) is 0 Å². The van der Waals surface area contributed by atoms with Gasteiger partial charge in [-0.1, -0.05) is 11.6 Å². The number of rotatable bonds is 4. The summed E-state index contributed by atoms with van der Waals surface area (Å²) in [5.41, 5.74) is -1.32. The number of nitrogens with one attached hydrogen (secondary N) is 2. The standard InChI is InChI=1S/C25H16ClF5N2O4S/c26-19-2-1-15(27)8-17(19)22-21-18(24(35)33-22)5-11(13-9-38(36,37)10-13)6-20(21)32-23(34)12-3-14(25(29,30)31)7-16(28)4-12/h1-8,13,22H,9-10H2,(H,32,34)(H,33,35). The van der Waals surface area contributed by atoms with E-state index in [0.717, 1.165) is 12.1 Å². The fourth-order valence-electron chi connectivity index (χ4n) is 4.60. The summed E-state index contributed by atoms with van der Waals surface area (Å²) >= 11 is 6.25. The second-order valence-electron chi connectivity index (χ2n) is 9.06.